The molecule has 2 bridgehead atoms. The summed E-state index contributed by atoms with van der Waals surface area (Å²) in [6, 6.07) is 0. The van der Waals surface area contributed by atoms with Crippen molar-refractivity contribution in [2.24, 2.45) is 23.7 Å². The minimum Gasteiger partial charge on any atom is -0.0707 e. The van der Waals surface area contributed by atoms with Crippen LogP contribution >= 0.6 is 0 Å². The summed E-state index contributed by atoms with van der Waals surface area (Å²) in [7, 11) is 0. The molecular formula is C14H22. The van der Waals surface area contributed by atoms with Crippen molar-refractivity contribution in [3.8, 4) is 0 Å². The molecule has 0 aliphatic heterocycles. The van der Waals surface area contributed by atoms with Gasteiger partial charge in [0.15, 0.2) is 0 Å². The maximum absolute atomic E-state index is 2.37. The first kappa shape index (κ1) is 9.00. The predicted octanol–water partition coefficient (Wildman–Crippen LogP) is 4.17. The van der Waals surface area contributed by atoms with E-state index in [4.69, 9.17) is 0 Å². The molecule has 0 unspecified atom stereocenters. The standard InChI is InChI=1S/C14H22/c1-3-9-8-13-10-5-6-11(7-10)14(13)12(9)4-2/h10-11,13-14H,3-8H2,1-2H3/t10-,11+,13+,14+/m0/s1. The number of allylic oxidation sites excluding steroid dienone is 2. The van der Waals surface area contributed by atoms with E-state index in [2.05, 4.69) is 13.8 Å². The summed E-state index contributed by atoms with van der Waals surface area (Å²) in [4.78, 5) is 0. The Kier molecular flexibility index (Phi) is 2.00. The summed E-state index contributed by atoms with van der Waals surface area (Å²) in [5.41, 5.74) is 3.74. The third-order valence-corrected chi connectivity index (χ3v) is 5.23. The van der Waals surface area contributed by atoms with E-state index in [-0.39, 0.29) is 0 Å². The lowest BCUT2D eigenvalue weighted by Gasteiger charge is -2.26. The Morgan fingerprint density at radius 2 is 1.86 bits per heavy atom. The van der Waals surface area contributed by atoms with E-state index >= 15 is 0 Å². The van der Waals surface area contributed by atoms with Gasteiger partial charge in [-0.15, -0.1) is 0 Å². The zero-order valence-corrected chi connectivity index (χ0v) is 9.55. The van der Waals surface area contributed by atoms with Crippen LogP contribution in [-0.2, 0) is 0 Å². The first-order valence-corrected chi connectivity index (χ1v) is 6.55. The molecule has 14 heavy (non-hydrogen) atoms. The molecule has 3 aliphatic rings. The normalized spacial score (nSPS) is 45.0. The second-order valence-corrected chi connectivity index (χ2v) is 5.56. The molecule has 0 spiro atoms. The van der Waals surface area contributed by atoms with Gasteiger partial charge in [-0.2, -0.15) is 0 Å². The molecule has 0 heteroatoms. The van der Waals surface area contributed by atoms with Crippen molar-refractivity contribution >= 4 is 0 Å². The summed E-state index contributed by atoms with van der Waals surface area (Å²) < 4.78 is 0. The minimum absolute atomic E-state index is 1.05. The molecule has 0 heterocycles. The zero-order valence-electron chi connectivity index (χ0n) is 9.55. The maximum Gasteiger partial charge on any atom is -0.0138 e. The van der Waals surface area contributed by atoms with E-state index in [1.54, 1.807) is 19.3 Å². The lowest BCUT2D eigenvalue weighted by Crippen LogP contribution is -2.19. The van der Waals surface area contributed by atoms with Crippen molar-refractivity contribution in [2.45, 2.75) is 52.4 Å². The SMILES string of the molecule is CCC1=C(CC)[C@H]2[C@@H]3CC[C@@H](C3)[C@H]2C1. The highest BCUT2D eigenvalue weighted by Gasteiger charge is 2.51. The van der Waals surface area contributed by atoms with Gasteiger partial charge < -0.3 is 0 Å². The third kappa shape index (κ3) is 1.00. The van der Waals surface area contributed by atoms with Gasteiger partial charge in [0.1, 0.15) is 0 Å². The Labute approximate surface area is 87.8 Å². The van der Waals surface area contributed by atoms with Crippen LogP contribution in [0.2, 0.25) is 0 Å². The molecule has 4 atom stereocenters. The van der Waals surface area contributed by atoms with Crippen molar-refractivity contribution in [1.29, 1.82) is 0 Å². The molecule has 0 aromatic heterocycles. The van der Waals surface area contributed by atoms with E-state index in [0.717, 1.165) is 23.7 Å². The Morgan fingerprint density at radius 1 is 1.07 bits per heavy atom. The van der Waals surface area contributed by atoms with Crippen LogP contribution in [0.25, 0.3) is 0 Å². The van der Waals surface area contributed by atoms with Gasteiger partial charge in [-0.05, 0) is 62.2 Å². The van der Waals surface area contributed by atoms with E-state index in [9.17, 15) is 0 Å². The first-order valence-electron chi connectivity index (χ1n) is 6.55. The van der Waals surface area contributed by atoms with E-state index < -0.39 is 0 Å². The van der Waals surface area contributed by atoms with Crippen molar-refractivity contribution in [2.75, 3.05) is 0 Å². The van der Waals surface area contributed by atoms with Crippen molar-refractivity contribution in [3.05, 3.63) is 11.1 Å². The van der Waals surface area contributed by atoms with E-state index in [1.807, 2.05) is 11.1 Å². The molecule has 2 fully saturated rings. The summed E-state index contributed by atoms with van der Waals surface area (Å²) in [5.74, 6) is 4.37. The molecule has 3 aliphatic carbocycles. The Morgan fingerprint density at radius 3 is 2.57 bits per heavy atom. The van der Waals surface area contributed by atoms with Gasteiger partial charge in [-0.3, -0.25) is 0 Å². The smallest absolute Gasteiger partial charge is 0.0138 e. The largest absolute Gasteiger partial charge is 0.0707 e. The fourth-order valence-corrected chi connectivity index (χ4v) is 4.76. The summed E-state index contributed by atoms with van der Waals surface area (Å²) in [6.45, 7) is 4.73. The Hall–Kier alpha value is -0.260. The van der Waals surface area contributed by atoms with Crippen LogP contribution in [0.4, 0.5) is 0 Å². The van der Waals surface area contributed by atoms with Gasteiger partial charge in [0.25, 0.3) is 0 Å². The van der Waals surface area contributed by atoms with Crippen molar-refractivity contribution in [1.82, 2.24) is 0 Å². The van der Waals surface area contributed by atoms with Crippen LogP contribution in [0.1, 0.15) is 52.4 Å². The molecular weight excluding hydrogens is 168 g/mol. The molecule has 2 saturated carbocycles. The van der Waals surface area contributed by atoms with Gasteiger partial charge in [0.2, 0.25) is 0 Å². The van der Waals surface area contributed by atoms with E-state index in [0.29, 0.717) is 0 Å². The van der Waals surface area contributed by atoms with Gasteiger partial charge >= 0.3 is 0 Å². The molecule has 0 nitrogen and oxygen atoms in total. The number of fused-ring (bicyclic) bond motifs is 5. The fraction of sp³-hybridized carbons (Fsp3) is 0.857. The molecule has 0 saturated heterocycles. The molecule has 0 amide bonds. The number of hydrogen-bond donors (Lipinski definition) is 0. The minimum atomic E-state index is 1.05. The third-order valence-electron chi connectivity index (χ3n) is 5.23. The highest BCUT2D eigenvalue weighted by atomic mass is 14.6. The van der Waals surface area contributed by atoms with Crippen LogP contribution < -0.4 is 0 Å². The molecule has 0 aromatic carbocycles. The first-order chi connectivity index (χ1) is 6.85. The highest BCUT2D eigenvalue weighted by Crippen LogP contribution is 2.61. The van der Waals surface area contributed by atoms with Gasteiger partial charge in [-0.1, -0.05) is 25.0 Å². The summed E-state index contributed by atoms with van der Waals surface area (Å²) in [5, 5.41) is 0. The van der Waals surface area contributed by atoms with Crippen LogP contribution in [0.5, 0.6) is 0 Å². The fourth-order valence-electron chi connectivity index (χ4n) is 4.76. The Balaban J connectivity index is 1.93. The monoisotopic (exact) mass is 190 g/mol. The van der Waals surface area contributed by atoms with Gasteiger partial charge in [0, 0.05) is 0 Å². The molecule has 0 aromatic rings. The second kappa shape index (κ2) is 3.12. The van der Waals surface area contributed by atoms with Gasteiger partial charge in [-0.25, -0.2) is 0 Å². The maximum atomic E-state index is 2.37. The van der Waals surface area contributed by atoms with Crippen LogP contribution in [0.3, 0.4) is 0 Å². The molecule has 0 N–H and O–H groups in total. The lowest BCUT2D eigenvalue weighted by molar-refractivity contribution is 0.272. The number of rotatable bonds is 2. The average molecular weight is 190 g/mol. The quantitative estimate of drug-likeness (QED) is 0.573. The van der Waals surface area contributed by atoms with E-state index in [1.165, 1.54) is 19.3 Å². The zero-order chi connectivity index (χ0) is 9.71. The van der Waals surface area contributed by atoms with Crippen LogP contribution in [-0.4, -0.2) is 0 Å². The highest BCUT2D eigenvalue weighted by molar-refractivity contribution is 5.29. The molecule has 0 radical (unpaired) electrons. The molecule has 3 rings (SSSR count). The van der Waals surface area contributed by atoms with Crippen molar-refractivity contribution in [3.63, 3.8) is 0 Å². The summed E-state index contributed by atoms with van der Waals surface area (Å²) in [6.07, 6.45) is 8.83. The molecule has 78 valence electrons. The average Bonchev–Trinajstić information content (AvgIpc) is 2.87. The topological polar surface area (TPSA) is 0 Å². The Bertz CT molecular complexity index is 274. The second-order valence-electron chi connectivity index (χ2n) is 5.56. The summed E-state index contributed by atoms with van der Waals surface area (Å²) >= 11 is 0. The van der Waals surface area contributed by atoms with Gasteiger partial charge in [0.05, 0.1) is 0 Å². The van der Waals surface area contributed by atoms with Crippen LogP contribution in [0, 0.1) is 23.7 Å². The number of hydrogen-bond acceptors (Lipinski definition) is 0. The predicted molar refractivity (Wildman–Crippen MR) is 60.0 cm³/mol. The lowest BCUT2D eigenvalue weighted by atomic mass is 9.78. The van der Waals surface area contributed by atoms with Crippen molar-refractivity contribution < 1.29 is 0 Å². The van der Waals surface area contributed by atoms with Crippen LogP contribution in [0.15, 0.2) is 11.1 Å².